The van der Waals surface area contributed by atoms with Crippen molar-refractivity contribution in [2.24, 2.45) is 0 Å². The first-order valence-corrected chi connectivity index (χ1v) is 10.8. The number of unbranched alkanes of at least 4 members (excludes halogenated alkanes) is 5. The molecule has 2 fully saturated rings. The zero-order valence-electron chi connectivity index (χ0n) is 18.4. The van der Waals surface area contributed by atoms with E-state index in [9.17, 15) is 4.79 Å². The van der Waals surface area contributed by atoms with Crippen molar-refractivity contribution in [1.29, 1.82) is 0 Å². The summed E-state index contributed by atoms with van der Waals surface area (Å²) in [5.74, 6) is -0.830. The molecule has 2 aliphatic rings. The minimum absolute atomic E-state index is 0.00148. The number of esters is 1. The fourth-order valence-electron chi connectivity index (χ4n) is 5.14. The van der Waals surface area contributed by atoms with Crippen molar-refractivity contribution >= 4 is 5.97 Å². The molecule has 0 aliphatic carbocycles. The number of nitrogens with zero attached hydrogens (tertiary/aromatic N) is 1. The fraction of sp³-hybridized carbons (Fsp3) is 0.955. The Labute approximate surface area is 166 Å². The first kappa shape index (κ1) is 22.6. The number of carbonyl (C=O) groups excluding carboxylic acids is 1. The molecule has 5 nitrogen and oxygen atoms in total. The molecule has 0 radical (unpaired) electrons. The van der Waals surface area contributed by atoms with Gasteiger partial charge in [-0.1, -0.05) is 39.0 Å². The Morgan fingerprint density at radius 3 is 2.22 bits per heavy atom. The van der Waals surface area contributed by atoms with Crippen LogP contribution in [0.4, 0.5) is 0 Å². The second-order valence-electron chi connectivity index (χ2n) is 9.66. The molecule has 0 bridgehead atoms. The van der Waals surface area contributed by atoms with Crippen molar-refractivity contribution in [3.8, 4) is 0 Å². The summed E-state index contributed by atoms with van der Waals surface area (Å²) < 4.78 is 17.6. The topological polar surface area (TPSA) is 48.0 Å². The van der Waals surface area contributed by atoms with Crippen molar-refractivity contribution in [3.05, 3.63) is 0 Å². The monoisotopic (exact) mass is 383 g/mol. The average Bonchev–Trinajstić information content (AvgIpc) is 2.91. The Morgan fingerprint density at radius 2 is 1.63 bits per heavy atom. The van der Waals surface area contributed by atoms with Crippen LogP contribution in [0.15, 0.2) is 0 Å². The van der Waals surface area contributed by atoms with E-state index in [0.717, 1.165) is 19.4 Å². The molecule has 2 saturated heterocycles. The van der Waals surface area contributed by atoms with E-state index in [4.69, 9.17) is 14.2 Å². The highest BCUT2D eigenvalue weighted by molar-refractivity contribution is 5.65. The van der Waals surface area contributed by atoms with E-state index in [2.05, 4.69) is 39.5 Å². The molecule has 1 unspecified atom stereocenters. The lowest BCUT2D eigenvalue weighted by Gasteiger charge is -2.57. The third-order valence-corrected chi connectivity index (χ3v) is 5.99. The molecule has 0 amide bonds. The maximum absolute atomic E-state index is 11.1. The Hall–Kier alpha value is -0.650. The van der Waals surface area contributed by atoms with Crippen LogP contribution in [0, 0.1) is 0 Å². The van der Waals surface area contributed by atoms with Crippen LogP contribution in [-0.2, 0) is 19.0 Å². The summed E-state index contributed by atoms with van der Waals surface area (Å²) in [5, 5.41) is 0. The molecule has 2 heterocycles. The lowest BCUT2D eigenvalue weighted by molar-refractivity contribution is -0.248. The maximum Gasteiger partial charge on any atom is 0.302 e. The molecule has 0 aromatic rings. The highest BCUT2D eigenvalue weighted by atomic mass is 16.8. The summed E-state index contributed by atoms with van der Waals surface area (Å²) in [4.78, 5) is 13.7. The number of piperidine rings is 1. The van der Waals surface area contributed by atoms with Crippen molar-refractivity contribution in [3.63, 3.8) is 0 Å². The standard InChI is InChI=1S/C22H41NO4/c1-7-8-9-10-11-12-13-23-20(3,4)16-22(17-21(23,5)6)26-15-19(27-22)14-25-18(2)24/h19H,7-17H2,1-6H3. The number of rotatable bonds is 9. The second kappa shape index (κ2) is 9.23. The van der Waals surface area contributed by atoms with Crippen LogP contribution in [0.1, 0.15) is 92.9 Å². The van der Waals surface area contributed by atoms with Gasteiger partial charge in [0.2, 0.25) is 0 Å². The number of likely N-dealkylation sites (tertiary alicyclic amines) is 1. The summed E-state index contributed by atoms with van der Waals surface area (Å²) in [6.07, 6.45) is 9.44. The molecular formula is C22H41NO4. The van der Waals surface area contributed by atoms with Crippen molar-refractivity contribution in [2.75, 3.05) is 19.8 Å². The quantitative estimate of drug-likeness (QED) is 0.427. The molecule has 5 heteroatoms. The van der Waals surface area contributed by atoms with Gasteiger partial charge in [0, 0.05) is 30.8 Å². The molecule has 0 N–H and O–H groups in total. The number of ether oxygens (including phenoxy) is 3. The van der Waals surface area contributed by atoms with Gasteiger partial charge in [-0.3, -0.25) is 9.69 Å². The largest absolute Gasteiger partial charge is 0.463 e. The summed E-state index contributed by atoms with van der Waals surface area (Å²) in [6.45, 7) is 14.8. The number of hydrogen-bond acceptors (Lipinski definition) is 5. The predicted octanol–water partition coefficient (Wildman–Crippen LogP) is 4.67. The third-order valence-electron chi connectivity index (χ3n) is 5.99. The first-order valence-electron chi connectivity index (χ1n) is 10.8. The van der Waals surface area contributed by atoms with Crippen LogP contribution in [0.5, 0.6) is 0 Å². The fourth-order valence-corrected chi connectivity index (χ4v) is 5.14. The number of hydrogen-bond donors (Lipinski definition) is 0. The smallest absolute Gasteiger partial charge is 0.302 e. The molecule has 0 saturated carbocycles. The molecule has 1 atom stereocenters. The molecule has 158 valence electrons. The van der Waals surface area contributed by atoms with E-state index < -0.39 is 5.79 Å². The molecular weight excluding hydrogens is 342 g/mol. The van der Waals surface area contributed by atoms with Crippen LogP contribution < -0.4 is 0 Å². The summed E-state index contributed by atoms with van der Waals surface area (Å²) in [7, 11) is 0. The van der Waals surface area contributed by atoms with Gasteiger partial charge in [-0.2, -0.15) is 0 Å². The van der Waals surface area contributed by atoms with Gasteiger partial charge < -0.3 is 14.2 Å². The normalized spacial score (nSPS) is 26.4. The van der Waals surface area contributed by atoms with Crippen LogP contribution in [0.2, 0.25) is 0 Å². The van der Waals surface area contributed by atoms with Gasteiger partial charge >= 0.3 is 5.97 Å². The van der Waals surface area contributed by atoms with Crippen molar-refractivity contribution in [2.45, 2.75) is 116 Å². The zero-order chi connectivity index (χ0) is 20.1. The molecule has 1 spiro atoms. The van der Waals surface area contributed by atoms with Crippen LogP contribution in [-0.4, -0.2) is 53.6 Å². The van der Waals surface area contributed by atoms with Gasteiger partial charge in [0.25, 0.3) is 0 Å². The summed E-state index contributed by atoms with van der Waals surface area (Å²) in [5.41, 5.74) is 0.00296. The van der Waals surface area contributed by atoms with Gasteiger partial charge in [0.15, 0.2) is 5.79 Å². The molecule has 27 heavy (non-hydrogen) atoms. The Bertz CT molecular complexity index is 471. The highest BCUT2D eigenvalue weighted by Gasteiger charge is 2.56. The third kappa shape index (κ3) is 6.16. The van der Waals surface area contributed by atoms with Crippen LogP contribution in [0.25, 0.3) is 0 Å². The Balaban J connectivity index is 1.92. The first-order chi connectivity index (χ1) is 12.6. The van der Waals surface area contributed by atoms with Gasteiger partial charge in [-0.05, 0) is 40.7 Å². The van der Waals surface area contributed by atoms with E-state index in [1.54, 1.807) is 0 Å². The van der Waals surface area contributed by atoms with Crippen LogP contribution >= 0.6 is 0 Å². The van der Waals surface area contributed by atoms with Crippen molar-refractivity contribution < 1.29 is 19.0 Å². The average molecular weight is 384 g/mol. The van der Waals surface area contributed by atoms with E-state index in [-0.39, 0.29) is 29.8 Å². The van der Waals surface area contributed by atoms with Gasteiger partial charge in [-0.25, -0.2) is 0 Å². The van der Waals surface area contributed by atoms with Gasteiger partial charge in [0.05, 0.1) is 6.61 Å². The SMILES string of the molecule is CCCCCCCCN1C(C)(C)CC2(CC1(C)C)OCC(COC(C)=O)O2. The maximum atomic E-state index is 11.1. The molecule has 0 aromatic carbocycles. The molecule has 2 aliphatic heterocycles. The summed E-state index contributed by atoms with van der Waals surface area (Å²) >= 11 is 0. The van der Waals surface area contributed by atoms with Gasteiger partial charge in [-0.15, -0.1) is 0 Å². The molecule has 2 rings (SSSR count). The van der Waals surface area contributed by atoms with Crippen LogP contribution in [0.3, 0.4) is 0 Å². The lowest BCUT2D eigenvalue weighted by Crippen LogP contribution is -2.66. The van der Waals surface area contributed by atoms with E-state index in [0.29, 0.717) is 6.61 Å². The zero-order valence-corrected chi connectivity index (χ0v) is 18.4. The Morgan fingerprint density at radius 1 is 1.04 bits per heavy atom. The second-order valence-corrected chi connectivity index (χ2v) is 9.66. The number of carbonyl (C=O) groups is 1. The van der Waals surface area contributed by atoms with E-state index >= 15 is 0 Å². The predicted molar refractivity (Wildman–Crippen MR) is 108 cm³/mol. The molecule has 0 aromatic heterocycles. The van der Waals surface area contributed by atoms with E-state index in [1.165, 1.54) is 45.4 Å². The summed E-state index contributed by atoms with van der Waals surface area (Å²) in [6, 6.07) is 0. The lowest BCUT2D eigenvalue weighted by atomic mass is 9.76. The highest BCUT2D eigenvalue weighted by Crippen LogP contribution is 2.48. The van der Waals surface area contributed by atoms with Gasteiger partial charge in [0.1, 0.15) is 12.7 Å². The Kier molecular flexibility index (Phi) is 7.74. The van der Waals surface area contributed by atoms with E-state index in [1.807, 2.05) is 0 Å². The van der Waals surface area contributed by atoms with Crippen molar-refractivity contribution in [1.82, 2.24) is 4.90 Å². The minimum Gasteiger partial charge on any atom is -0.463 e. The minimum atomic E-state index is -0.560.